The number of rotatable bonds is 3. The fourth-order valence-electron chi connectivity index (χ4n) is 2.36. The molecule has 0 saturated carbocycles. The maximum absolute atomic E-state index is 13.6. The molecule has 0 N–H and O–H groups in total. The second kappa shape index (κ2) is 5.90. The summed E-state index contributed by atoms with van der Waals surface area (Å²) in [5, 5.41) is 1.76. The maximum atomic E-state index is 13.6. The van der Waals surface area contributed by atoms with E-state index in [1.165, 1.54) is 18.2 Å². The molecule has 0 spiro atoms. The van der Waals surface area contributed by atoms with E-state index in [0.717, 1.165) is 22.9 Å². The minimum atomic E-state index is -0.693. The van der Waals surface area contributed by atoms with Gasteiger partial charge in [-0.3, -0.25) is 4.79 Å². The molecule has 0 unspecified atom stereocenters. The zero-order valence-corrected chi connectivity index (χ0v) is 11.6. The van der Waals surface area contributed by atoms with E-state index in [2.05, 4.69) is 0 Å². The Hall–Kier alpha value is -2.81. The van der Waals surface area contributed by atoms with Gasteiger partial charge in [-0.1, -0.05) is 48.5 Å². The largest absolute Gasteiger partial charge is 0.289 e. The third kappa shape index (κ3) is 2.66. The van der Waals surface area contributed by atoms with Crippen LogP contribution in [0.2, 0.25) is 0 Å². The lowest BCUT2D eigenvalue weighted by molar-refractivity contribution is 0.104. The van der Waals surface area contributed by atoms with Crippen molar-refractivity contribution in [2.24, 2.45) is 0 Å². The summed E-state index contributed by atoms with van der Waals surface area (Å²) in [5.41, 5.74) is 0.294. The molecule has 0 saturated heterocycles. The van der Waals surface area contributed by atoms with Gasteiger partial charge in [0.2, 0.25) is 0 Å². The van der Waals surface area contributed by atoms with Gasteiger partial charge in [-0.25, -0.2) is 8.78 Å². The summed E-state index contributed by atoms with van der Waals surface area (Å²) >= 11 is 0. The summed E-state index contributed by atoms with van der Waals surface area (Å²) in [5.74, 6) is -1.68. The van der Waals surface area contributed by atoms with Gasteiger partial charge in [0.1, 0.15) is 11.6 Å². The minimum absolute atomic E-state index is 0.212. The first-order valence-corrected chi connectivity index (χ1v) is 6.81. The highest BCUT2D eigenvalue weighted by molar-refractivity contribution is 6.14. The van der Waals surface area contributed by atoms with Gasteiger partial charge in [0.25, 0.3) is 0 Å². The summed E-state index contributed by atoms with van der Waals surface area (Å²) in [6.07, 6.45) is 2.37. The van der Waals surface area contributed by atoms with Crippen LogP contribution in [0.4, 0.5) is 8.78 Å². The molecule has 0 aliphatic heterocycles. The molecule has 0 aromatic heterocycles. The smallest absolute Gasteiger partial charge is 0.186 e. The normalized spacial score (nSPS) is 11.2. The molecule has 0 fully saturated rings. The van der Waals surface area contributed by atoms with Gasteiger partial charge in [-0.05, 0) is 35.1 Å². The lowest BCUT2D eigenvalue weighted by Crippen LogP contribution is -1.96. The number of benzene rings is 3. The molecule has 0 atom stereocenters. The van der Waals surface area contributed by atoms with Gasteiger partial charge < -0.3 is 0 Å². The highest BCUT2D eigenvalue weighted by atomic mass is 19.1. The molecule has 3 heteroatoms. The third-order valence-corrected chi connectivity index (χ3v) is 3.46. The number of ketones is 1. The van der Waals surface area contributed by atoms with Crippen molar-refractivity contribution in [3.05, 3.63) is 89.5 Å². The predicted octanol–water partition coefficient (Wildman–Crippen LogP) is 5.01. The number of allylic oxidation sites excluding steroid dienone is 1. The van der Waals surface area contributed by atoms with E-state index in [1.807, 2.05) is 30.3 Å². The fourth-order valence-corrected chi connectivity index (χ4v) is 2.36. The number of carbonyl (C=O) groups is 1. The fraction of sp³-hybridized carbons (Fsp3) is 0. The molecule has 3 aromatic rings. The van der Waals surface area contributed by atoms with Gasteiger partial charge in [-0.2, -0.15) is 0 Å². The van der Waals surface area contributed by atoms with Crippen molar-refractivity contribution in [1.82, 2.24) is 0 Å². The van der Waals surface area contributed by atoms with E-state index < -0.39 is 11.6 Å². The molecule has 108 valence electrons. The van der Waals surface area contributed by atoms with Gasteiger partial charge in [0.05, 0.1) is 0 Å². The van der Waals surface area contributed by atoms with Crippen molar-refractivity contribution in [3.63, 3.8) is 0 Å². The van der Waals surface area contributed by atoms with Crippen molar-refractivity contribution in [2.45, 2.75) is 0 Å². The second-order valence-corrected chi connectivity index (χ2v) is 4.86. The molecule has 3 rings (SSSR count). The highest BCUT2D eigenvalue weighted by Gasteiger charge is 2.09. The van der Waals surface area contributed by atoms with E-state index in [0.29, 0.717) is 5.56 Å². The monoisotopic (exact) mass is 294 g/mol. The Labute approximate surface area is 126 Å². The summed E-state index contributed by atoms with van der Waals surface area (Å²) in [7, 11) is 0. The van der Waals surface area contributed by atoms with Crippen LogP contribution in [0.3, 0.4) is 0 Å². The number of halogens is 2. The first-order valence-electron chi connectivity index (χ1n) is 6.81. The molecule has 1 nitrogen and oxygen atoms in total. The van der Waals surface area contributed by atoms with Crippen LogP contribution in [0.15, 0.2) is 66.7 Å². The SMILES string of the molecule is O=C(/C=C/c1c(F)cccc1F)c1cccc2ccccc12. The molecular formula is C19H12F2O. The van der Waals surface area contributed by atoms with Crippen LogP contribution in [0.1, 0.15) is 15.9 Å². The molecule has 22 heavy (non-hydrogen) atoms. The predicted molar refractivity (Wildman–Crippen MR) is 83.7 cm³/mol. The van der Waals surface area contributed by atoms with Gasteiger partial charge in [0.15, 0.2) is 5.78 Å². The zero-order chi connectivity index (χ0) is 15.5. The Morgan fingerprint density at radius 2 is 1.45 bits per heavy atom. The summed E-state index contributed by atoms with van der Waals surface area (Å²) < 4.78 is 27.1. The number of carbonyl (C=O) groups excluding carboxylic acids is 1. The third-order valence-electron chi connectivity index (χ3n) is 3.46. The highest BCUT2D eigenvalue weighted by Crippen LogP contribution is 2.20. The quantitative estimate of drug-likeness (QED) is 0.490. The molecule has 0 aliphatic carbocycles. The molecule has 3 aromatic carbocycles. The zero-order valence-electron chi connectivity index (χ0n) is 11.6. The summed E-state index contributed by atoms with van der Waals surface area (Å²) in [4.78, 5) is 12.3. The Morgan fingerprint density at radius 3 is 2.23 bits per heavy atom. The van der Waals surface area contributed by atoms with Gasteiger partial charge in [-0.15, -0.1) is 0 Å². The summed E-state index contributed by atoms with van der Waals surface area (Å²) in [6, 6.07) is 16.5. The van der Waals surface area contributed by atoms with E-state index in [-0.39, 0.29) is 11.3 Å². The second-order valence-electron chi connectivity index (χ2n) is 4.86. The van der Waals surface area contributed by atoms with E-state index in [9.17, 15) is 13.6 Å². The van der Waals surface area contributed by atoms with Crippen LogP contribution >= 0.6 is 0 Å². The maximum Gasteiger partial charge on any atom is 0.186 e. The van der Waals surface area contributed by atoms with Crippen LogP contribution in [0.5, 0.6) is 0 Å². The Kier molecular flexibility index (Phi) is 3.79. The van der Waals surface area contributed by atoms with Crippen molar-refractivity contribution in [3.8, 4) is 0 Å². The number of hydrogen-bond acceptors (Lipinski definition) is 1. The summed E-state index contributed by atoms with van der Waals surface area (Å²) in [6.45, 7) is 0. The average molecular weight is 294 g/mol. The Morgan fingerprint density at radius 1 is 0.818 bits per heavy atom. The molecular weight excluding hydrogens is 282 g/mol. The number of fused-ring (bicyclic) bond motifs is 1. The van der Waals surface area contributed by atoms with Crippen LogP contribution in [-0.4, -0.2) is 5.78 Å². The van der Waals surface area contributed by atoms with Crippen molar-refractivity contribution >= 4 is 22.6 Å². The van der Waals surface area contributed by atoms with Crippen molar-refractivity contribution in [1.29, 1.82) is 0 Å². The van der Waals surface area contributed by atoms with E-state index in [1.54, 1.807) is 12.1 Å². The van der Waals surface area contributed by atoms with Gasteiger partial charge >= 0.3 is 0 Å². The molecule has 0 radical (unpaired) electrons. The number of hydrogen-bond donors (Lipinski definition) is 0. The van der Waals surface area contributed by atoms with E-state index in [4.69, 9.17) is 0 Å². The van der Waals surface area contributed by atoms with E-state index >= 15 is 0 Å². The molecule has 0 amide bonds. The topological polar surface area (TPSA) is 17.1 Å². The van der Waals surface area contributed by atoms with Crippen LogP contribution in [0.25, 0.3) is 16.8 Å². The minimum Gasteiger partial charge on any atom is -0.289 e. The lowest BCUT2D eigenvalue weighted by Gasteiger charge is -2.03. The lowest BCUT2D eigenvalue weighted by atomic mass is 10.0. The van der Waals surface area contributed by atoms with Gasteiger partial charge in [0, 0.05) is 11.1 Å². The average Bonchev–Trinajstić information content (AvgIpc) is 2.53. The van der Waals surface area contributed by atoms with Crippen LogP contribution in [-0.2, 0) is 0 Å². The van der Waals surface area contributed by atoms with Crippen LogP contribution < -0.4 is 0 Å². The standard InChI is InChI=1S/C19H12F2O/c20-17-9-4-10-18(21)16(17)11-12-19(22)15-8-3-6-13-5-1-2-7-14(13)15/h1-12H/b12-11+. The molecule has 0 bridgehead atoms. The Balaban J connectivity index is 1.99. The first kappa shape index (κ1) is 14.1. The first-order chi connectivity index (χ1) is 10.7. The van der Waals surface area contributed by atoms with Crippen molar-refractivity contribution in [2.75, 3.05) is 0 Å². The van der Waals surface area contributed by atoms with Crippen molar-refractivity contribution < 1.29 is 13.6 Å². The Bertz CT molecular complexity index is 856. The molecule has 0 aliphatic rings. The van der Waals surface area contributed by atoms with Crippen LogP contribution in [0, 0.1) is 11.6 Å². The molecule has 0 heterocycles.